The number of nitrogens with one attached hydrogen (secondary N) is 1. The number of aromatic nitrogens is 4. The van der Waals surface area contributed by atoms with Gasteiger partial charge in [-0.2, -0.15) is 0 Å². The summed E-state index contributed by atoms with van der Waals surface area (Å²) in [5.74, 6) is 0.567. The number of rotatable bonds is 6. The molecule has 1 aromatic carbocycles. The number of hydrogen-bond donors (Lipinski definition) is 1. The number of anilines is 1. The van der Waals surface area contributed by atoms with Crippen LogP contribution in [0.2, 0.25) is 0 Å². The van der Waals surface area contributed by atoms with E-state index in [1.165, 1.54) is 16.0 Å². The second kappa shape index (κ2) is 7.01. The first-order valence-electron chi connectivity index (χ1n) is 7.01. The molecule has 0 unspecified atom stereocenters. The number of amides is 1. The molecule has 2 aromatic heterocycles. The Bertz CT molecular complexity index is 757. The molecule has 23 heavy (non-hydrogen) atoms. The molecule has 3 rings (SSSR count). The van der Waals surface area contributed by atoms with Gasteiger partial charge in [0.1, 0.15) is 24.1 Å². The first-order valence-corrected chi connectivity index (χ1v) is 7.89. The lowest BCUT2D eigenvalue weighted by atomic mass is 10.3. The van der Waals surface area contributed by atoms with Gasteiger partial charge in [0.2, 0.25) is 0 Å². The second-order valence-electron chi connectivity index (χ2n) is 4.79. The van der Waals surface area contributed by atoms with E-state index in [4.69, 9.17) is 4.74 Å². The topological polar surface area (TPSA) is 81.9 Å². The van der Waals surface area contributed by atoms with Crippen molar-refractivity contribution >= 4 is 22.4 Å². The molecule has 0 aliphatic heterocycles. The van der Waals surface area contributed by atoms with Crippen molar-refractivity contribution in [1.29, 1.82) is 0 Å². The lowest BCUT2D eigenvalue weighted by Crippen LogP contribution is -2.24. The van der Waals surface area contributed by atoms with Gasteiger partial charge < -0.3 is 10.1 Å². The summed E-state index contributed by atoms with van der Waals surface area (Å²) in [4.78, 5) is 16.2. The van der Waals surface area contributed by atoms with Crippen LogP contribution in [-0.4, -0.2) is 25.9 Å². The van der Waals surface area contributed by atoms with Crippen LogP contribution in [0.5, 0.6) is 5.75 Å². The number of para-hydroxylation sites is 1. The Morgan fingerprint density at radius 3 is 2.96 bits per heavy atom. The third-order valence-corrected chi connectivity index (χ3v) is 3.81. The van der Waals surface area contributed by atoms with Crippen LogP contribution in [0.3, 0.4) is 0 Å². The fourth-order valence-electron chi connectivity index (χ4n) is 1.86. The van der Waals surface area contributed by atoms with Gasteiger partial charge in [0, 0.05) is 11.6 Å². The molecule has 0 saturated heterocycles. The van der Waals surface area contributed by atoms with E-state index in [9.17, 15) is 4.79 Å². The zero-order valence-corrected chi connectivity index (χ0v) is 13.2. The van der Waals surface area contributed by atoms with E-state index in [-0.39, 0.29) is 5.91 Å². The fraction of sp³-hybridized carbons (Fsp3) is 0.200. The average molecular weight is 329 g/mol. The van der Waals surface area contributed by atoms with Gasteiger partial charge in [0.05, 0.1) is 6.20 Å². The Labute approximate surface area is 136 Å². The molecule has 118 valence electrons. The smallest absolute Gasteiger partial charge is 0.250 e. The SMILES string of the molecule is C[C@H](C(=O)Nc1nccs1)n1cc(COc2ccccc2)nn1. The Hall–Kier alpha value is -2.74. The molecule has 2 heterocycles. The molecule has 1 amide bonds. The number of ether oxygens (including phenoxy) is 1. The Kier molecular flexibility index (Phi) is 4.62. The molecule has 0 fully saturated rings. The molecule has 0 radical (unpaired) electrons. The summed E-state index contributed by atoms with van der Waals surface area (Å²) in [5, 5.41) is 13.1. The molecule has 0 aliphatic rings. The second-order valence-corrected chi connectivity index (χ2v) is 5.69. The van der Waals surface area contributed by atoms with Crippen LogP contribution >= 0.6 is 11.3 Å². The van der Waals surface area contributed by atoms with Crippen molar-refractivity contribution in [2.24, 2.45) is 0 Å². The summed E-state index contributed by atoms with van der Waals surface area (Å²) in [6, 6.07) is 8.97. The van der Waals surface area contributed by atoms with Crippen molar-refractivity contribution in [2.45, 2.75) is 19.6 Å². The molecule has 1 N–H and O–H groups in total. The van der Waals surface area contributed by atoms with Gasteiger partial charge in [-0.05, 0) is 19.1 Å². The largest absolute Gasteiger partial charge is 0.487 e. The molecule has 0 spiro atoms. The molecule has 7 nitrogen and oxygen atoms in total. The first-order chi connectivity index (χ1) is 11.2. The zero-order chi connectivity index (χ0) is 16.1. The van der Waals surface area contributed by atoms with E-state index in [1.54, 1.807) is 24.7 Å². The third kappa shape index (κ3) is 3.92. The summed E-state index contributed by atoms with van der Waals surface area (Å²) in [6.45, 7) is 2.05. The quantitative estimate of drug-likeness (QED) is 0.751. The van der Waals surface area contributed by atoms with E-state index in [2.05, 4.69) is 20.6 Å². The Morgan fingerprint density at radius 1 is 1.39 bits per heavy atom. The molecule has 1 atom stereocenters. The van der Waals surface area contributed by atoms with Gasteiger partial charge in [-0.3, -0.25) is 4.79 Å². The molecule has 0 saturated carbocycles. The van der Waals surface area contributed by atoms with E-state index in [0.717, 1.165) is 5.75 Å². The maximum atomic E-state index is 12.1. The van der Waals surface area contributed by atoms with Crippen LogP contribution in [-0.2, 0) is 11.4 Å². The first kappa shape index (κ1) is 15.2. The lowest BCUT2D eigenvalue weighted by Gasteiger charge is -2.09. The van der Waals surface area contributed by atoms with Gasteiger partial charge in [-0.25, -0.2) is 9.67 Å². The highest BCUT2D eigenvalue weighted by Gasteiger charge is 2.17. The fourth-order valence-corrected chi connectivity index (χ4v) is 2.39. The number of hydrogen-bond acceptors (Lipinski definition) is 6. The van der Waals surface area contributed by atoms with Crippen molar-refractivity contribution in [2.75, 3.05) is 5.32 Å². The lowest BCUT2D eigenvalue weighted by molar-refractivity contribution is -0.119. The zero-order valence-electron chi connectivity index (χ0n) is 12.4. The summed E-state index contributed by atoms with van der Waals surface area (Å²) < 4.78 is 7.11. The Balaban J connectivity index is 1.58. The van der Waals surface area contributed by atoms with Crippen molar-refractivity contribution < 1.29 is 9.53 Å². The van der Waals surface area contributed by atoms with Gasteiger partial charge in [0.25, 0.3) is 5.91 Å². The summed E-state index contributed by atoms with van der Waals surface area (Å²) in [5.41, 5.74) is 0.655. The van der Waals surface area contributed by atoms with Gasteiger partial charge >= 0.3 is 0 Å². The highest BCUT2D eigenvalue weighted by molar-refractivity contribution is 7.13. The predicted octanol–water partition coefficient (Wildman–Crippen LogP) is 2.51. The molecule has 0 bridgehead atoms. The maximum Gasteiger partial charge on any atom is 0.250 e. The number of benzene rings is 1. The van der Waals surface area contributed by atoms with Crippen molar-refractivity contribution in [3.63, 3.8) is 0 Å². The number of thiazole rings is 1. The standard InChI is InChI=1S/C15H15N5O2S/c1-11(14(21)17-15-16-7-8-23-15)20-9-12(18-19-20)10-22-13-5-3-2-4-6-13/h2-9,11H,10H2,1H3,(H,16,17,21)/t11-/m1/s1. The minimum Gasteiger partial charge on any atom is -0.487 e. The van der Waals surface area contributed by atoms with Crippen molar-refractivity contribution in [3.05, 3.63) is 53.8 Å². The Morgan fingerprint density at radius 2 is 2.22 bits per heavy atom. The van der Waals surface area contributed by atoms with Crippen LogP contribution in [0.1, 0.15) is 18.7 Å². The van der Waals surface area contributed by atoms with E-state index in [1.807, 2.05) is 30.3 Å². The minimum absolute atomic E-state index is 0.194. The summed E-state index contributed by atoms with van der Waals surface area (Å²) >= 11 is 1.37. The number of carbonyl (C=O) groups is 1. The number of nitrogens with zero attached hydrogens (tertiary/aromatic N) is 4. The monoisotopic (exact) mass is 329 g/mol. The number of carbonyl (C=O) groups excluding carboxylic acids is 1. The minimum atomic E-state index is -0.489. The van der Waals surface area contributed by atoms with E-state index >= 15 is 0 Å². The summed E-state index contributed by atoms with van der Waals surface area (Å²) in [7, 11) is 0. The molecule has 3 aromatic rings. The van der Waals surface area contributed by atoms with Gasteiger partial charge in [0.15, 0.2) is 5.13 Å². The van der Waals surface area contributed by atoms with Gasteiger partial charge in [-0.15, -0.1) is 16.4 Å². The summed E-state index contributed by atoms with van der Waals surface area (Å²) in [6.07, 6.45) is 3.34. The third-order valence-electron chi connectivity index (χ3n) is 3.13. The van der Waals surface area contributed by atoms with Crippen LogP contribution in [0.25, 0.3) is 0 Å². The average Bonchev–Trinajstić information content (AvgIpc) is 3.25. The van der Waals surface area contributed by atoms with Crippen molar-refractivity contribution in [1.82, 2.24) is 20.0 Å². The molecular formula is C15H15N5O2S. The normalized spacial score (nSPS) is 11.9. The highest BCUT2D eigenvalue weighted by atomic mass is 32.1. The maximum absolute atomic E-state index is 12.1. The molecular weight excluding hydrogens is 314 g/mol. The molecule has 0 aliphatic carbocycles. The van der Waals surface area contributed by atoms with Crippen LogP contribution in [0.15, 0.2) is 48.1 Å². The van der Waals surface area contributed by atoms with Crippen LogP contribution in [0, 0.1) is 0 Å². The van der Waals surface area contributed by atoms with Crippen LogP contribution in [0.4, 0.5) is 5.13 Å². The van der Waals surface area contributed by atoms with Crippen LogP contribution < -0.4 is 10.1 Å². The highest BCUT2D eigenvalue weighted by Crippen LogP contribution is 2.15. The van der Waals surface area contributed by atoms with E-state index in [0.29, 0.717) is 17.4 Å². The van der Waals surface area contributed by atoms with Gasteiger partial charge in [-0.1, -0.05) is 23.4 Å². The van der Waals surface area contributed by atoms with Crippen molar-refractivity contribution in [3.8, 4) is 5.75 Å². The predicted molar refractivity (Wildman–Crippen MR) is 86.3 cm³/mol. The molecule has 8 heteroatoms. The van der Waals surface area contributed by atoms with E-state index < -0.39 is 6.04 Å².